The third kappa shape index (κ3) is 6.24. The number of nitrogens with one attached hydrogen (secondary N) is 1. The van der Waals surface area contributed by atoms with Gasteiger partial charge in [-0.2, -0.15) is 9.89 Å². The van der Waals surface area contributed by atoms with E-state index >= 15 is 0 Å². The monoisotopic (exact) mass is 461 g/mol. The topological polar surface area (TPSA) is 108 Å². The molecule has 0 bridgehead atoms. The van der Waals surface area contributed by atoms with Crippen LogP contribution in [0.5, 0.6) is 11.8 Å². The summed E-state index contributed by atoms with van der Waals surface area (Å²) < 4.78 is 26.3. The maximum Gasteiger partial charge on any atom is 0.355 e. The lowest BCUT2D eigenvalue weighted by atomic mass is 10.2. The molecule has 3 rings (SSSR count). The molecule has 0 aliphatic rings. The fraction of sp³-hybridized carbons (Fsp3) is 0.286. The van der Waals surface area contributed by atoms with E-state index in [4.69, 9.17) is 21.1 Å². The lowest BCUT2D eigenvalue weighted by molar-refractivity contribution is 0.231. The lowest BCUT2D eigenvalue weighted by Gasteiger charge is -2.15. The Labute approximate surface area is 188 Å². The average molecular weight is 462 g/mol. The number of benzene rings is 2. The van der Waals surface area contributed by atoms with Gasteiger partial charge in [0.15, 0.2) is 11.6 Å². The van der Waals surface area contributed by atoms with Crippen molar-refractivity contribution in [3.63, 3.8) is 0 Å². The SMILES string of the molecule is CC(C)Oc1ccc(Nc2nc(OCCN=O)nc(=O)n2Cc2ccc(Cl)cc2)cc1F. The summed E-state index contributed by atoms with van der Waals surface area (Å²) in [6.07, 6.45) is -0.185. The van der Waals surface area contributed by atoms with Crippen LogP contribution in [0.1, 0.15) is 19.4 Å². The summed E-state index contributed by atoms with van der Waals surface area (Å²) in [4.78, 5) is 31.0. The molecule has 1 heterocycles. The molecule has 0 radical (unpaired) electrons. The first-order chi connectivity index (χ1) is 15.4. The summed E-state index contributed by atoms with van der Waals surface area (Å²) in [6, 6.07) is 11.0. The van der Waals surface area contributed by atoms with E-state index in [0.29, 0.717) is 10.7 Å². The van der Waals surface area contributed by atoms with Gasteiger partial charge >= 0.3 is 11.7 Å². The zero-order valence-corrected chi connectivity index (χ0v) is 18.2. The molecule has 2 aromatic carbocycles. The second kappa shape index (κ2) is 10.7. The van der Waals surface area contributed by atoms with Gasteiger partial charge in [-0.15, -0.1) is 4.98 Å². The van der Waals surface area contributed by atoms with Crippen molar-refractivity contribution >= 4 is 23.2 Å². The van der Waals surface area contributed by atoms with Gasteiger partial charge in [0.05, 0.1) is 12.6 Å². The van der Waals surface area contributed by atoms with E-state index in [1.54, 1.807) is 44.2 Å². The fourth-order valence-corrected chi connectivity index (χ4v) is 2.84. The minimum Gasteiger partial charge on any atom is -0.488 e. The molecule has 0 aliphatic carbocycles. The Bertz CT molecular complexity index is 1140. The Kier molecular flexibility index (Phi) is 7.72. The van der Waals surface area contributed by atoms with Crippen LogP contribution in [0.4, 0.5) is 16.0 Å². The molecule has 0 amide bonds. The van der Waals surface area contributed by atoms with Gasteiger partial charge in [0.25, 0.3) is 0 Å². The van der Waals surface area contributed by atoms with E-state index in [1.807, 2.05) is 0 Å². The molecule has 0 fully saturated rings. The van der Waals surface area contributed by atoms with Crippen LogP contribution in [-0.2, 0) is 6.54 Å². The van der Waals surface area contributed by atoms with E-state index in [2.05, 4.69) is 20.5 Å². The maximum atomic E-state index is 14.4. The summed E-state index contributed by atoms with van der Waals surface area (Å²) >= 11 is 5.93. The maximum absolute atomic E-state index is 14.4. The molecule has 3 aromatic rings. The molecular formula is C21H21ClFN5O4. The van der Waals surface area contributed by atoms with Crippen LogP contribution in [0.25, 0.3) is 0 Å². The molecule has 9 nitrogen and oxygen atoms in total. The molecule has 11 heteroatoms. The first-order valence-corrected chi connectivity index (χ1v) is 10.1. The van der Waals surface area contributed by atoms with Crippen molar-refractivity contribution in [3.8, 4) is 11.8 Å². The third-order valence-corrected chi connectivity index (χ3v) is 4.35. The Morgan fingerprint density at radius 2 is 1.94 bits per heavy atom. The first kappa shape index (κ1) is 23.1. The summed E-state index contributed by atoms with van der Waals surface area (Å²) in [5.74, 6) is -0.388. The number of nitrogens with zero attached hydrogens (tertiary/aromatic N) is 4. The van der Waals surface area contributed by atoms with Crippen molar-refractivity contribution in [3.05, 3.63) is 74.3 Å². The summed E-state index contributed by atoms with van der Waals surface area (Å²) in [6.45, 7) is 3.51. The standard InChI is InChI=1S/C21H21ClFN5O4/c1-13(2)32-18-8-7-16(11-17(18)23)25-19-26-20(31-10-9-24-30)27-21(29)28(19)12-14-3-5-15(22)6-4-14/h3-8,11,13H,9-10,12H2,1-2H3,(H,25,26,27,29). The highest BCUT2D eigenvalue weighted by Gasteiger charge is 2.14. The Balaban J connectivity index is 1.94. The number of ether oxygens (including phenoxy) is 2. The van der Waals surface area contributed by atoms with E-state index in [0.717, 1.165) is 5.56 Å². The van der Waals surface area contributed by atoms with Gasteiger partial charge in [0.2, 0.25) is 5.95 Å². The smallest absolute Gasteiger partial charge is 0.355 e. The van der Waals surface area contributed by atoms with Crippen LogP contribution < -0.4 is 20.5 Å². The minimum absolute atomic E-state index is 0.0749. The molecule has 0 aliphatic heterocycles. The fourth-order valence-electron chi connectivity index (χ4n) is 2.72. The normalized spacial score (nSPS) is 10.8. The van der Waals surface area contributed by atoms with Gasteiger partial charge in [-0.05, 0) is 43.7 Å². The number of hydrogen-bond acceptors (Lipinski definition) is 8. The quantitative estimate of drug-likeness (QED) is 0.357. The van der Waals surface area contributed by atoms with Crippen molar-refractivity contribution in [2.75, 3.05) is 18.5 Å². The molecule has 32 heavy (non-hydrogen) atoms. The van der Waals surface area contributed by atoms with Gasteiger partial charge in [0, 0.05) is 16.8 Å². The van der Waals surface area contributed by atoms with Crippen molar-refractivity contribution in [2.45, 2.75) is 26.5 Å². The predicted molar refractivity (Wildman–Crippen MR) is 118 cm³/mol. The highest BCUT2D eigenvalue weighted by atomic mass is 35.5. The number of hydrogen-bond donors (Lipinski definition) is 1. The van der Waals surface area contributed by atoms with E-state index in [9.17, 15) is 14.1 Å². The van der Waals surface area contributed by atoms with Gasteiger partial charge in [0.1, 0.15) is 13.2 Å². The predicted octanol–water partition coefficient (Wildman–Crippen LogP) is 4.16. The molecule has 168 valence electrons. The number of halogens is 2. The highest BCUT2D eigenvalue weighted by molar-refractivity contribution is 6.30. The van der Waals surface area contributed by atoms with Crippen LogP contribution in [0.3, 0.4) is 0 Å². The number of nitroso groups, excluding NO2 is 1. The first-order valence-electron chi connectivity index (χ1n) is 9.74. The van der Waals surface area contributed by atoms with Crippen molar-refractivity contribution in [1.82, 2.24) is 14.5 Å². The molecule has 1 aromatic heterocycles. The second-order valence-corrected chi connectivity index (χ2v) is 7.40. The largest absolute Gasteiger partial charge is 0.488 e. The Morgan fingerprint density at radius 1 is 1.19 bits per heavy atom. The van der Waals surface area contributed by atoms with E-state index in [1.165, 1.54) is 16.7 Å². The van der Waals surface area contributed by atoms with Gasteiger partial charge in [-0.25, -0.2) is 9.18 Å². The van der Waals surface area contributed by atoms with E-state index in [-0.39, 0.29) is 43.5 Å². The highest BCUT2D eigenvalue weighted by Crippen LogP contribution is 2.24. The lowest BCUT2D eigenvalue weighted by Crippen LogP contribution is -2.28. The number of aromatic nitrogens is 3. The Hall–Kier alpha value is -3.53. The van der Waals surface area contributed by atoms with Gasteiger partial charge in [-0.1, -0.05) is 28.9 Å². The van der Waals surface area contributed by atoms with Crippen LogP contribution in [-0.4, -0.2) is 33.8 Å². The molecule has 0 spiro atoms. The van der Waals surface area contributed by atoms with Crippen LogP contribution >= 0.6 is 11.6 Å². The summed E-state index contributed by atoms with van der Waals surface area (Å²) in [5.41, 5.74) is 0.461. The summed E-state index contributed by atoms with van der Waals surface area (Å²) in [7, 11) is 0. The van der Waals surface area contributed by atoms with Crippen LogP contribution in [0, 0.1) is 10.7 Å². The van der Waals surface area contributed by atoms with Crippen molar-refractivity contribution in [1.29, 1.82) is 0 Å². The molecule has 0 unspecified atom stereocenters. The molecule has 0 atom stereocenters. The summed E-state index contributed by atoms with van der Waals surface area (Å²) in [5, 5.41) is 6.17. The number of rotatable bonds is 10. The van der Waals surface area contributed by atoms with Crippen molar-refractivity contribution < 1.29 is 13.9 Å². The van der Waals surface area contributed by atoms with Crippen LogP contribution in [0.2, 0.25) is 5.02 Å². The van der Waals surface area contributed by atoms with Crippen LogP contribution in [0.15, 0.2) is 52.4 Å². The zero-order chi connectivity index (χ0) is 23.1. The van der Waals surface area contributed by atoms with E-state index < -0.39 is 11.5 Å². The Morgan fingerprint density at radius 3 is 2.59 bits per heavy atom. The average Bonchev–Trinajstić information content (AvgIpc) is 2.74. The minimum atomic E-state index is -0.647. The van der Waals surface area contributed by atoms with Gasteiger partial charge in [-0.3, -0.25) is 4.57 Å². The van der Waals surface area contributed by atoms with Crippen molar-refractivity contribution in [2.24, 2.45) is 5.18 Å². The zero-order valence-electron chi connectivity index (χ0n) is 17.4. The molecular weight excluding hydrogens is 441 g/mol. The number of anilines is 2. The molecule has 1 N–H and O–H groups in total. The molecule has 0 saturated carbocycles. The third-order valence-electron chi connectivity index (χ3n) is 4.10. The molecule has 0 saturated heterocycles. The van der Waals surface area contributed by atoms with Gasteiger partial charge < -0.3 is 14.8 Å². The second-order valence-electron chi connectivity index (χ2n) is 6.96.